The van der Waals surface area contributed by atoms with E-state index in [1.54, 1.807) is 6.20 Å². The Morgan fingerprint density at radius 1 is 1.59 bits per heavy atom. The standard InChI is InChI=1S/C16H27N5O/c1-12(22)19-14-8-18-20-15(14)13-4-3-7-21(9-13)11-16(2)5-6-17-10-16/h8,13,17H,3-7,9-11H2,1-2H3,(H,18,20)(H,19,22). The molecule has 2 atom stereocenters. The molecule has 1 aromatic rings. The second kappa shape index (κ2) is 6.38. The number of aromatic nitrogens is 2. The molecule has 0 spiro atoms. The average molecular weight is 305 g/mol. The summed E-state index contributed by atoms with van der Waals surface area (Å²) in [6.45, 7) is 9.56. The molecule has 22 heavy (non-hydrogen) atoms. The molecule has 2 fully saturated rings. The predicted octanol–water partition coefficient (Wildman–Crippen LogP) is 1.55. The minimum Gasteiger partial charge on any atom is -0.323 e. The number of hydrogen-bond donors (Lipinski definition) is 3. The van der Waals surface area contributed by atoms with Crippen molar-refractivity contribution in [2.24, 2.45) is 5.41 Å². The fraction of sp³-hybridized carbons (Fsp3) is 0.750. The Morgan fingerprint density at radius 2 is 2.45 bits per heavy atom. The van der Waals surface area contributed by atoms with Crippen LogP contribution in [0.1, 0.15) is 44.7 Å². The normalized spacial score (nSPS) is 29.6. The van der Waals surface area contributed by atoms with E-state index in [2.05, 4.69) is 32.7 Å². The minimum absolute atomic E-state index is 0.0418. The molecule has 3 rings (SSSR count). The third kappa shape index (κ3) is 3.50. The van der Waals surface area contributed by atoms with Gasteiger partial charge in [0, 0.05) is 32.5 Å². The first-order valence-electron chi connectivity index (χ1n) is 8.30. The molecule has 2 aliphatic heterocycles. The van der Waals surface area contributed by atoms with E-state index in [1.165, 1.54) is 26.3 Å². The molecule has 0 aliphatic carbocycles. The number of aromatic amines is 1. The van der Waals surface area contributed by atoms with Gasteiger partial charge in [-0.3, -0.25) is 9.89 Å². The number of anilines is 1. The van der Waals surface area contributed by atoms with Gasteiger partial charge in [-0.1, -0.05) is 6.92 Å². The van der Waals surface area contributed by atoms with Gasteiger partial charge in [0.25, 0.3) is 0 Å². The Morgan fingerprint density at radius 3 is 3.18 bits per heavy atom. The van der Waals surface area contributed by atoms with Gasteiger partial charge in [0.2, 0.25) is 5.91 Å². The third-order valence-electron chi connectivity index (χ3n) is 4.96. The van der Waals surface area contributed by atoms with E-state index in [0.717, 1.165) is 44.0 Å². The van der Waals surface area contributed by atoms with E-state index in [4.69, 9.17) is 0 Å². The summed E-state index contributed by atoms with van der Waals surface area (Å²) in [5, 5.41) is 13.6. The lowest BCUT2D eigenvalue weighted by atomic mass is 9.87. The minimum atomic E-state index is -0.0418. The van der Waals surface area contributed by atoms with Crippen molar-refractivity contribution in [2.45, 2.75) is 39.0 Å². The summed E-state index contributed by atoms with van der Waals surface area (Å²) in [6, 6.07) is 0. The number of piperidine rings is 1. The molecule has 0 saturated carbocycles. The maximum absolute atomic E-state index is 11.3. The Hall–Kier alpha value is -1.40. The smallest absolute Gasteiger partial charge is 0.221 e. The molecule has 2 unspecified atom stereocenters. The highest BCUT2D eigenvalue weighted by atomic mass is 16.1. The van der Waals surface area contributed by atoms with Crippen LogP contribution in [0, 0.1) is 5.41 Å². The second-order valence-corrected chi connectivity index (χ2v) is 7.19. The van der Waals surface area contributed by atoms with Gasteiger partial charge < -0.3 is 15.5 Å². The van der Waals surface area contributed by atoms with Crippen LogP contribution < -0.4 is 10.6 Å². The number of carbonyl (C=O) groups excluding carboxylic acids is 1. The van der Waals surface area contributed by atoms with Gasteiger partial charge in [-0.05, 0) is 37.8 Å². The first-order chi connectivity index (χ1) is 10.6. The Bertz CT molecular complexity index is 520. The summed E-state index contributed by atoms with van der Waals surface area (Å²) >= 11 is 0. The van der Waals surface area contributed by atoms with Crippen molar-refractivity contribution in [1.29, 1.82) is 0 Å². The maximum atomic E-state index is 11.3. The molecule has 2 saturated heterocycles. The summed E-state index contributed by atoms with van der Waals surface area (Å²) in [6.07, 6.45) is 5.33. The molecule has 1 amide bonds. The topological polar surface area (TPSA) is 73.0 Å². The van der Waals surface area contributed by atoms with Crippen molar-refractivity contribution in [3.05, 3.63) is 11.9 Å². The Balaban J connectivity index is 1.65. The largest absolute Gasteiger partial charge is 0.323 e. The molecule has 6 heteroatoms. The van der Waals surface area contributed by atoms with Gasteiger partial charge in [-0.25, -0.2) is 0 Å². The van der Waals surface area contributed by atoms with E-state index >= 15 is 0 Å². The number of likely N-dealkylation sites (tertiary alicyclic amines) is 1. The van der Waals surface area contributed by atoms with Gasteiger partial charge in [0.15, 0.2) is 0 Å². The quantitative estimate of drug-likeness (QED) is 0.789. The first-order valence-corrected chi connectivity index (χ1v) is 8.30. The molecule has 0 bridgehead atoms. The summed E-state index contributed by atoms with van der Waals surface area (Å²) in [5.74, 6) is 0.385. The zero-order valence-corrected chi connectivity index (χ0v) is 13.6. The second-order valence-electron chi connectivity index (χ2n) is 7.19. The number of nitrogens with one attached hydrogen (secondary N) is 3. The van der Waals surface area contributed by atoms with E-state index < -0.39 is 0 Å². The molecular weight excluding hydrogens is 278 g/mol. The number of amides is 1. The Kier molecular flexibility index (Phi) is 4.49. The van der Waals surface area contributed by atoms with Crippen molar-refractivity contribution in [1.82, 2.24) is 20.4 Å². The van der Waals surface area contributed by atoms with Crippen LogP contribution in [0.5, 0.6) is 0 Å². The number of nitrogens with zero attached hydrogens (tertiary/aromatic N) is 2. The van der Waals surface area contributed by atoms with Gasteiger partial charge in [-0.2, -0.15) is 5.10 Å². The molecule has 1 aromatic heterocycles. The predicted molar refractivity (Wildman–Crippen MR) is 86.9 cm³/mol. The van der Waals surface area contributed by atoms with Gasteiger partial charge >= 0.3 is 0 Å². The van der Waals surface area contributed by atoms with Gasteiger partial charge in [0.05, 0.1) is 17.6 Å². The fourth-order valence-electron chi connectivity index (χ4n) is 3.87. The average Bonchev–Trinajstić information content (AvgIpc) is 3.08. The lowest BCUT2D eigenvalue weighted by Crippen LogP contribution is -2.42. The van der Waals surface area contributed by atoms with Crippen molar-refractivity contribution < 1.29 is 4.79 Å². The fourth-order valence-corrected chi connectivity index (χ4v) is 3.87. The van der Waals surface area contributed by atoms with Crippen LogP contribution in [0.15, 0.2) is 6.20 Å². The monoisotopic (exact) mass is 305 g/mol. The molecule has 122 valence electrons. The van der Waals surface area contributed by atoms with E-state index in [1.807, 2.05) is 0 Å². The molecule has 3 N–H and O–H groups in total. The van der Waals surface area contributed by atoms with Crippen LogP contribution in [0.25, 0.3) is 0 Å². The molecule has 3 heterocycles. The van der Waals surface area contributed by atoms with Crippen LogP contribution in [-0.4, -0.2) is 53.7 Å². The number of H-pyrrole nitrogens is 1. The summed E-state index contributed by atoms with van der Waals surface area (Å²) in [4.78, 5) is 13.9. The maximum Gasteiger partial charge on any atom is 0.221 e. The highest BCUT2D eigenvalue weighted by Crippen LogP contribution is 2.33. The summed E-state index contributed by atoms with van der Waals surface area (Å²) < 4.78 is 0. The molecule has 0 aromatic carbocycles. The molecule has 2 aliphatic rings. The van der Waals surface area contributed by atoms with Crippen molar-refractivity contribution >= 4 is 11.6 Å². The number of rotatable bonds is 4. The van der Waals surface area contributed by atoms with E-state index in [-0.39, 0.29) is 5.91 Å². The van der Waals surface area contributed by atoms with Crippen molar-refractivity contribution in [2.75, 3.05) is 38.0 Å². The van der Waals surface area contributed by atoms with Crippen LogP contribution in [0.3, 0.4) is 0 Å². The van der Waals surface area contributed by atoms with Crippen molar-refractivity contribution in [3.8, 4) is 0 Å². The van der Waals surface area contributed by atoms with Gasteiger partial charge in [-0.15, -0.1) is 0 Å². The van der Waals surface area contributed by atoms with Crippen LogP contribution in [-0.2, 0) is 4.79 Å². The highest BCUT2D eigenvalue weighted by molar-refractivity contribution is 5.89. The van der Waals surface area contributed by atoms with Gasteiger partial charge in [0.1, 0.15) is 0 Å². The summed E-state index contributed by atoms with van der Waals surface area (Å²) in [7, 11) is 0. The molecule has 6 nitrogen and oxygen atoms in total. The van der Waals surface area contributed by atoms with Crippen LogP contribution in [0.4, 0.5) is 5.69 Å². The number of carbonyl (C=O) groups is 1. The van der Waals surface area contributed by atoms with Crippen molar-refractivity contribution in [3.63, 3.8) is 0 Å². The zero-order valence-electron chi connectivity index (χ0n) is 13.6. The zero-order chi connectivity index (χ0) is 15.6. The van der Waals surface area contributed by atoms with E-state index in [0.29, 0.717) is 11.3 Å². The highest BCUT2D eigenvalue weighted by Gasteiger charge is 2.33. The molecule has 0 radical (unpaired) electrons. The summed E-state index contributed by atoms with van der Waals surface area (Å²) in [5.41, 5.74) is 2.32. The first kappa shape index (κ1) is 15.5. The van der Waals surface area contributed by atoms with E-state index in [9.17, 15) is 4.79 Å². The lowest BCUT2D eigenvalue weighted by molar-refractivity contribution is -0.114. The number of hydrogen-bond acceptors (Lipinski definition) is 4. The molecular formula is C16H27N5O. The third-order valence-corrected chi connectivity index (χ3v) is 4.96. The van der Waals surface area contributed by atoms with Crippen LogP contribution >= 0.6 is 0 Å². The Labute approximate surface area is 132 Å². The lowest BCUT2D eigenvalue weighted by Gasteiger charge is -2.37. The van der Waals surface area contributed by atoms with Crippen LogP contribution in [0.2, 0.25) is 0 Å². The SMILES string of the molecule is CC(=O)Nc1cn[nH]c1C1CCCN(CC2(C)CCNC2)C1.